The number of primary amides is 1. The molecule has 121 heavy (non-hydrogen) atoms. The largest absolute Gasteiger partial charge is 0.394 e. The van der Waals surface area contributed by atoms with Crippen LogP contribution in [0.15, 0.2) is 104 Å². The van der Waals surface area contributed by atoms with E-state index < -0.39 is 193 Å². The van der Waals surface area contributed by atoms with Crippen LogP contribution in [0.25, 0.3) is 32.7 Å². The van der Waals surface area contributed by atoms with Crippen LogP contribution >= 0.6 is 0 Å². The predicted octanol–water partition coefficient (Wildman–Crippen LogP) is -1.55. The summed E-state index contributed by atoms with van der Waals surface area (Å²) in [5.41, 5.74) is 15.5. The smallest absolute Gasteiger partial charge is 0.245 e. The third kappa shape index (κ3) is 27.2. The first kappa shape index (κ1) is 93.9. The Hall–Kier alpha value is -12.6. The standard InChI is InChI=1S/C83H115N21O17/c1-42(2)26-59(74(112)90-39-70(109)104-25-17-24-67(104)82(120)101-65(32-52-38-86-41-91-52)75(113)92-45(7)40-105)97-77(115)60(27-43(3)4)98-80(118)64(31-51-37-89-58-23-16-13-20-55(51)58)99-79(117)63(30-50-36-88-57-22-15-12-19-54(50)57)96-73(111)47(9)93-72(110)46(8)94-76(114)66(33-68(85)107)100-78(116)61(28-44(5)6)102-83(121)71(48(10)106)103-81(119)62(95-69(108)34-84)29-49-35-87-56-21-14-11-18-53(49)56/h11-16,18-23,35-38,41-48,59-67,71,87-89,105-106H,17,24-34,39-40,84H2,1-10H3,(H2,85,107)(H,86,91)(H,90,112)(H,92,113)(H,93,110)(H,94,114)(H,95,108)(H,96,111)(H,97,115)(H,98,118)(H,99,117)(H,100,116)(H,101,120)(H,102,121)(H,103,119)/t45-,46-,47-,48+,59-,60-,61-,62-,63+,64+,65-,66-,67-,71-/m0/s1. The van der Waals surface area contributed by atoms with E-state index >= 15 is 9.59 Å². The van der Waals surface area contributed by atoms with Gasteiger partial charge in [0.15, 0.2) is 0 Å². The fraction of sp³-hybridized carbons (Fsp3) is 0.494. The summed E-state index contributed by atoms with van der Waals surface area (Å²) in [7, 11) is 0. The van der Waals surface area contributed by atoms with Gasteiger partial charge in [-0.15, -0.1) is 0 Å². The van der Waals surface area contributed by atoms with E-state index in [0.717, 1.165) is 10.9 Å². The van der Waals surface area contributed by atoms with Crippen molar-refractivity contribution in [2.45, 2.75) is 218 Å². The molecule has 0 saturated carbocycles. The van der Waals surface area contributed by atoms with Crippen molar-refractivity contribution in [1.82, 2.24) is 98.9 Å². The van der Waals surface area contributed by atoms with Crippen molar-refractivity contribution in [3.8, 4) is 0 Å². The van der Waals surface area contributed by atoms with E-state index in [9.17, 15) is 72.5 Å². The number of imidazole rings is 1. The van der Waals surface area contributed by atoms with Crippen LogP contribution < -0.4 is 80.6 Å². The first-order chi connectivity index (χ1) is 57.5. The molecule has 0 unspecified atom stereocenters. The summed E-state index contributed by atoms with van der Waals surface area (Å²) in [6.45, 7) is 14.7. The minimum absolute atomic E-state index is 0.00267. The summed E-state index contributed by atoms with van der Waals surface area (Å²) in [5.74, 6) is -13.6. The highest BCUT2D eigenvalue weighted by molar-refractivity contribution is 6.02. The van der Waals surface area contributed by atoms with Crippen LogP contribution in [-0.2, 0) is 97.6 Å². The van der Waals surface area contributed by atoms with Crippen molar-refractivity contribution in [3.63, 3.8) is 0 Å². The summed E-state index contributed by atoms with van der Waals surface area (Å²) in [6.07, 6.45) is 5.77. The van der Waals surface area contributed by atoms with Gasteiger partial charge in [0.2, 0.25) is 88.6 Å². The molecule has 3 aromatic carbocycles. The zero-order chi connectivity index (χ0) is 88.5. The molecule has 0 spiro atoms. The normalized spacial score (nSPS) is 16.0. The van der Waals surface area contributed by atoms with Crippen LogP contribution in [0.5, 0.6) is 0 Å². The van der Waals surface area contributed by atoms with E-state index in [1.54, 1.807) is 106 Å². The second kappa shape index (κ2) is 44.5. The Balaban J connectivity index is 0.943. The number of aliphatic hydroxyl groups is 2. The molecule has 38 nitrogen and oxygen atoms in total. The van der Waals surface area contributed by atoms with Crippen molar-refractivity contribution in [1.29, 1.82) is 0 Å². The Morgan fingerprint density at radius 2 is 0.860 bits per heavy atom. The van der Waals surface area contributed by atoms with Gasteiger partial charge in [0.25, 0.3) is 0 Å². The van der Waals surface area contributed by atoms with Crippen molar-refractivity contribution in [2.24, 2.45) is 29.2 Å². The molecule has 654 valence electrons. The number of nitrogens with two attached hydrogens (primary N) is 2. The summed E-state index contributed by atoms with van der Waals surface area (Å²) >= 11 is 0. The number of rotatable bonds is 45. The Morgan fingerprint density at radius 3 is 1.31 bits per heavy atom. The second-order valence-corrected chi connectivity index (χ2v) is 32.0. The van der Waals surface area contributed by atoms with Crippen LogP contribution in [0.4, 0.5) is 0 Å². The Bertz CT molecular complexity index is 4800. The van der Waals surface area contributed by atoms with Crippen molar-refractivity contribution < 1.29 is 82.1 Å². The third-order valence-corrected chi connectivity index (χ3v) is 20.6. The van der Waals surface area contributed by atoms with Crippen LogP contribution in [0, 0.1) is 17.8 Å². The second-order valence-electron chi connectivity index (χ2n) is 32.0. The molecule has 15 amide bonds. The van der Waals surface area contributed by atoms with Crippen molar-refractivity contribution >= 4 is 121 Å². The van der Waals surface area contributed by atoms with Gasteiger partial charge in [-0.25, -0.2) is 4.98 Å². The number of carbonyl (C=O) groups excluding carboxylic acids is 15. The molecule has 23 N–H and O–H groups in total. The lowest BCUT2D eigenvalue weighted by atomic mass is 9.98. The number of para-hydroxylation sites is 3. The zero-order valence-electron chi connectivity index (χ0n) is 69.6. The summed E-state index contributed by atoms with van der Waals surface area (Å²) in [4.78, 5) is 229. The van der Waals surface area contributed by atoms with Gasteiger partial charge in [-0.05, 0) is 112 Å². The van der Waals surface area contributed by atoms with E-state index in [2.05, 4.69) is 94.0 Å². The number of aromatic nitrogens is 5. The summed E-state index contributed by atoms with van der Waals surface area (Å²) in [5, 5.41) is 56.8. The maximum atomic E-state index is 15.3. The first-order valence-electron chi connectivity index (χ1n) is 40.6. The molecule has 1 fully saturated rings. The maximum Gasteiger partial charge on any atom is 0.245 e. The molecule has 0 bridgehead atoms. The fourth-order valence-corrected chi connectivity index (χ4v) is 14.3. The zero-order valence-corrected chi connectivity index (χ0v) is 69.6. The number of H-pyrrole nitrogens is 4. The van der Waals surface area contributed by atoms with Gasteiger partial charge in [0.05, 0.1) is 44.2 Å². The van der Waals surface area contributed by atoms with Crippen molar-refractivity contribution in [2.75, 3.05) is 26.2 Å². The molecule has 0 aliphatic carbocycles. The quantitative estimate of drug-likeness (QED) is 0.0206. The van der Waals surface area contributed by atoms with Gasteiger partial charge >= 0.3 is 0 Å². The first-order valence-corrected chi connectivity index (χ1v) is 40.6. The molecule has 7 aromatic rings. The number of amides is 15. The van der Waals surface area contributed by atoms with E-state index in [4.69, 9.17) is 11.5 Å². The maximum absolute atomic E-state index is 15.3. The molecular weight excluding hydrogens is 1560 g/mol. The number of fused-ring (bicyclic) bond motifs is 3. The number of aliphatic hydroxyl groups excluding tert-OH is 2. The third-order valence-electron chi connectivity index (χ3n) is 20.6. The lowest BCUT2D eigenvalue weighted by molar-refractivity contribution is -0.140. The van der Waals surface area contributed by atoms with E-state index in [0.29, 0.717) is 50.6 Å². The van der Waals surface area contributed by atoms with Gasteiger partial charge < -0.3 is 116 Å². The van der Waals surface area contributed by atoms with Crippen LogP contribution in [0.2, 0.25) is 0 Å². The van der Waals surface area contributed by atoms with Crippen LogP contribution in [0.3, 0.4) is 0 Å². The number of benzene rings is 3. The lowest BCUT2D eigenvalue weighted by Crippen LogP contribution is -2.62. The molecule has 38 heteroatoms. The minimum atomic E-state index is -1.78. The molecule has 4 aromatic heterocycles. The lowest BCUT2D eigenvalue weighted by Gasteiger charge is -2.28. The number of nitrogens with zero attached hydrogens (tertiary/aromatic N) is 2. The number of hydrogen-bond donors (Lipinski definition) is 21. The van der Waals surface area contributed by atoms with Crippen LogP contribution in [0.1, 0.15) is 130 Å². The average Bonchev–Trinajstić information content (AvgIpc) is 1.72. The highest BCUT2D eigenvalue weighted by atomic mass is 16.3. The minimum Gasteiger partial charge on any atom is -0.394 e. The molecule has 1 aliphatic rings. The molecular formula is C83H115N21O17. The number of carbonyl (C=O) groups is 15. The topological polar surface area (TPSA) is 584 Å². The Kier molecular flexibility index (Phi) is 34.5. The van der Waals surface area contributed by atoms with E-state index in [1.807, 2.05) is 39.8 Å². The average molecular weight is 1680 g/mol. The Labute approximate surface area is 699 Å². The SMILES string of the molecule is CC(C)C[C@H](NC(=O)[C@H](CC(C)C)NC(=O)[C@@H](Cc1c[nH]c2ccccc12)NC(=O)[C@@H](Cc1c[nH]c2ccccc12)NC(=O)[C@H](C)NC(=O)[C@H](C)NC(=O)[C@H](CC(N)=O)NC(=O)[C@H](CC(C)C)NC(=O)[C@@H](NC(=O)[C@H](Cc1c[nH]c2ccccc12)NC(=O)CN)[C@@H](C)O)C(=O)NCC(=O)N1CCC[C@H]1C(=O)N[C@@H](Cc1c[nH]cn1)C(=O)N[C@@H](C)CO. The van der Waals surface area contributed by atoms with E-state index in [-0.39, 0.29) is 82.3 Å². The summed E-state index contributed by atoms with van der Waals surface area (Å²) < 4.78 is 0. The Morgan fingerprint density at radius 1 is 0.463 bits per heavy atom. The summed E-state index contributed by atoms with van der Waals surface area (Å²) in [6, 6.07) is 3.92. The highest BCUT2D eigenvalue weighted by Gasteiger charge is 2.40. The van der Waals surface area contributed by atoms with Gasteiger partial charge in [-0.2, -0.15) is 0 Å². The monoisotopic (exact) mass is 1680 g/mol. The van der Waals surface area contributed by atoms with Gasteiger partial charge in [-0.1, -0.05) is 96.1 Å². The van der Waals surface area contributed by atoms with Gasteiger partial charge in [-0.3, -0.25) is 71.9 Å². The molecule has 1 aliphatic heterocycles. The fourth-order valence-electron chi connectivity index (χ4n) is 14.3. The molecule has 5 heterocycles. The van der Waals surface area contributed by atoms with Gasteiger partial charge in [0, 0.05) is 95.8 Å². The molecule has 1 saturated heterocycles. The molecule has 8 rings (SSSR count). The molecule has 0 radical (unpaired) electrons. The number of likely N-dealkylation sites (tertiary alicyclic amines) is 1. The number of hydrogen-bond acceptors (Lipinski definition) is 19. The molecule has 14 atom stereocenters. The van der Waals surface area contributed by atoms with Crippen molar-refractivity contribution in [3.05, 3.63) is 126 Å². The van der Waals surface area contributed by atoms with Gasteiger partial charge in [0.1, 0.15) is 72.5 Å². The van der Waals surface area contributed by atoms with Crippen LogP contribution in [-0.4, -0.2) is 240 Å². The number of nitrogens with one attached hydrogen (secondary N) is 17. The number of aromatic amines is 4. The van der Waals surface area contributed by atoms with E-state index in [1.165, 1.54) is 32.0 Å². The highest BCUT2D eigenvalue weighted by Crippen LogP contribution is 2.25. The predicted molar refractivity (Wildman–Crippen MR) is 446 cm³/mol.